The number of carbonyl (C=O) groups is 1. The third-order valence-electron chi connectivity index (χ3n) is 7.89. The molecule has 2 aromatic carbocycles. The molecule has 1 saturated heterocycles. The van der Waals surface area contributed by atoms with E-state index in [9.17, 15) is 13.2 Å². The lowest BCUT2D eigenvalue weighted by Crippen LogP contribution is -2.42. The highest BCUT2D eigenvalue weighted by Gasteiger charge is 2.27. The van der Waals surface area contributed by atoms with Gasteiger partial charge in [0.05, 0.1) is 41.4 Å². The number of benzene rings is 2. The molecule has 0 atom stereocenters. The Bertz CT molecular complexity index is 1760. The van der Waals surface area contributed by atoms with Crippen LogP contribution in [0.4, 0.5) is 23.3 Å². The van der Waals surface area contributed by atoms with Crippen LogP contribution < -0.4 is 15.4 Å². The number of hydrogen-bond donors (Lipinski definition) is 2. The number of carbonyl (C=O) groups excluding carboxylic acids is 1. The van der Waals surface area contributed by atoms with Crippen molar-refractivity contribution in [1.82, 2.24) is 29.4 Å². The van der Waals surface area contributed by atoms with E-state index in [1.54, 1.807) is 57.5 Å². The molecule has 3 heterocycles. The molecule has 2 N–H and O–H groups in total. The lowest BCUT2D eigenvalue weighted by atomic mass is 9.86. The smallest absolute Gasteiger partial charge is 0.236 e. The highest BCUT2D eigenvalue weighted by molar-refractivity contribution is 7.92. The van der Waals surface area contributed by atoms with Gasteiger partial charge in [0.2, 0.25) is 17.8 Å². The van der Waals surface area contributed by atoms with E-state index in [1.807, 2.05) is 30.0 Å². The molecule has 0 saturated carbocycles. The summed E-state index contributed by atoms with van der Waals surface area (Å²) in [5.74, 6) is 1.73. The van der Waals surface area contributed by atoms with Crippen molar-refractivity contribution in [2.24, 2.45) is 0 Å². The van der Waals surface area contributed by atoms with Gasteiger partial charge in [0.15, 0.2) is 15.5 Å². The van der Waals surface area contributed by atoms with Crippen molar-refractivity contribution in [2.45, 2.75) is 49.7 Å². The molecule has 13 heteroatoms. The van der Waals surface area contributed by atoms with Crippen molar-refractivity contribution in [2.75, 3.05) is 51.5 Å². The van der Waals surface area contributed by atoms with Crippen LogP contribution in [0.3, 0.4) is 0 Å². The number of ether oxygens (including phenoxy) is 1. The summed E-state index contributed by atoms with van der Waals surface area (Å²) >= 11 is 0. The summed E-state index contributed by atoms with van der Waals surface area (Å²) in [6.07, 6.45) is 3.38. The van der Waals surface area contributed by atoms with Crippen LogP contribution in [0.1, 0.15) is 43.7 Å². The van der Waals surface area contributed by atoms with Crippen molar-refractivity contribution in [3.63, 3.8) is 0 Å². The number of methoxy groups -OCH3 is 1. The van der Waals surface area contributed by atoms with E-state index in [1.165, 1.54) is 10.1 Å². The average Bonchev–Trinajstić information content (AvgIpc) is 3.46. The molecule has 0 radical (unpaired) electrons. The Balaban J connectivity index is 1.41. The fraction of sp³-hybridized carbons (Fsp3) is 0.419. The Morgan fingerprint density at radius 3 is 2.48 bits per heavy atom. The van der Waals surface area contributed by atoms with Crippen LogP contribution in [-0.4, -0.2) is 89.8 Å². The second-order valence-electron chi connectivity index (χ2n) is 11.6. The Kier molecular flexibility index (Phi) is 9.07. The molecule has 1 fully saturated rings. The molecule has 234 valence electrons. The summed E-state index contributed by atoms with van der Waals surface area (Å²) in [6.45, 7) is 7.27. The third-order valence-corrected chi connectivity index (χ3v) is 10.1. The summed E-state index contributed by atoms with van der Waals surface area (Å²) < 4.78 is 33.4. The Hall–Kier alpha value is -4.23. The highest BCUT2D eigenvalue weighted by Crippen LogP contribution is 2.37. The van der Waals surface area contributed by atoms with E-state index in [4.69, 9.17) is 4.74 Å². The predicted molar refractivity (Wildman–Crippen MR) is 171 cm³/mol. The molecule has 0 bridgehead atoms. The summed E-state index contributed by atoms with van der Waals surface area (Å²) in [6, 6.07) is 12.6. The number of nitrogens with one attached hydrogen (secondary N) is 2. The van der Waals surface area contributed by atoms with Gasteiger partial charge in [0, 0.05) is 19.2 Å². The highest BCUT2D eigenvalue weighted by atomic mass is 32.2. The molecule has 0 aliphatic carbocycles. The zero-order valence-corrected chi connectivity index (χ0v) is 26.9. The quantitative estimate of drug-likeness (QED) is 0.263. The van der Waals surface area contributed by atoms with Crippen LogP contribution in [0.15, 0.2) is 53.6 Å². The minimum atomic E-state index is -3.55. The van der Waals surface area contributed by atoms with Gasteiger partial charge in [0.25, 0.3) is 0 Å². The molecule has 44 heavy (non-hydrogen) atoms. The largest absolute Gasteiger partial charge is 0.495 e. The number of piperidine rings is 1. The molecule has 1 amide bonds. The number of hydrogen-bond acceptors (Lipinski definition) is 10. The summed E-state index contributed by atoms with van der Waals surface area (Å²) in [5, 5.41) is 10.2. The SMILES string of the molecule is COc1cc(C2CCN(C(=O)CN(C)C)CC2)c(C)cc1Nc1nc(Nc2ccccc2S(=O)(=O)C(C)C)n2nccc2n1. The minimum Gasteiger partial charge on any atom is -0.495 e. The first-order chi connectivity index (χ1) is 21.0. The van der Waals surface area contributed by atoms with E-state index in [0.717, 1.165) is 31.5 Å². The van der Waals surface area contributed by atoms with Crippen LogP contribution >= 0.6 is 0 Å². The number of para-hydroxylation sites is 1. The molecule has 4 aromatic rings. The maximum atomic E-state index is 13.1. The molecule has 1 aliphatic rings. The van der Waals surface area contributed by atoms with Crippen LogP contribution in [-0.2, 0) is 14.6 Å². The lowest BCUT2D eigenvalue weighted by molar-refractivity contribution is -0.132. The second kappa shape index (κ2) is 12.8. The number of sulfone groups is 1. The van der Waals surface area contributed by atoms with E-state index in [0.29, 0.717) is 47.1 Å². The van der Waals surface area contributed by atoms with E-state index < -0.39 is 15.1 Å². The second-order valence-corrected chi connectivity index (χ2v) is 14.1. The number of fused-ring (bicyclic) bond motifs is 1. The number of rotatable bonds is 10. The van der Waals surface area contributed by atoms with Crippen molar-refractivity contribution < 1.29 is 17.9 Å². The first kappa shape index (κ1) is 31.2. The number of likely N-dealkylation sites (N-methyl/N-ethyl adjacent to an activating group) is 1. The number of aryl methyl sites for hydroxylation is 1. The Morgan fingerprint density at radius 1 is 1.07 bits per heavy atom. The van der Waals surface area contributed by atoms with E-state index in [-0.39, 0.29) is 10.8 Å². The van der Waals surface area contributed by atoms with Crippen LogP contribution in [0.5, 0.6) is 5.75 Å². The van der Waals surface area contributed by atoms with Gasteiger partial charge in [-0.15, -0.1) is 0 Å². The maximum absolute atomic E-state index is 13.1. The summed E-state index contributed by atoms with van der Waals surface area (Å²) in [7, 11) is 1.89. The number of likely N-dealkylation sites (tertiary alicyclic amines) is 1. The number of anilines is 4. The van der Waals surface area contributed by atoms with E-state index >= 15 is 0 Å². The van der Waals surface area contributed by atoms with Crippen molar-refractivity contribution >= 4 is 44.7 Å². The fourth-order valence-electron chi connectivity index (χ4n) is 5.50. The zero-order chi connectivity index (χ0) is 31.6. The molecular weight excluding hydrogens is 580 g/mol. The van der Waals surface area contributed by atoms with Crippen LogP contribution in [0.2, 0.25) is 0 Å². The van der Waals surface area contributed by atoms with Crippen molar-refractivity contribution in [3.8, 4) is 5.75 Å². The molecule has 0 unspecified atom stereocenters. The Labute approximate surface area is 258 Å². The van der Waals surface area contributed by atoms with Gasteiger partial charge in [0.1, 0.15) is 5.75 Å². The summed E-state index contributed by atoms with van der Waals surface area (Å²) in [5.41, 5.74) is 3.92. The topological polar surface area (TPSA) is 134 Å². The molecule has 12 nitrogen and oxygen atoms in total. The van der Waals surface area contributed by atoms with Gasteiger partial charge in [-0.1, -0.05) is 12.1 Å². The van der Waals surface area contributed by atoms with E-state index in [2.05, 4.69) is 38.7 Å². The minimum absolute atomic E-state index is 0.163. The average molecular weight is 621 g/mol. The molecule has 0 spiro atoms. The normalized spacial score (nSPS) is 14.4. The number of nitrogens with zero attached hydrogens (tertiary/aromatic N) is 6. The maximum Gasteiger partial charge on any atom is 0.236 e. The van der Waals surface area contributed by atoms with Gasteiger partial charge in [-0.05, 0) is 89.0 Å². The van der Waals surface area contributed by atoms with Gasteiger partial charge < -0.3 is 25.2 Å². The van der Waals surface area contributed by atoms with Crippen LogP contribution in [0.25, 0.3) is 5.65 Å². The monoisotopic (exact) mass is 620 g/mol. The first-order valence-corrected chi connectivity index (χ1v) is 16.2. The van der Waals surface area contributed by atoms with Gasteiger partial charge in [-0.2, -0.15) is 19.6 Å². The fourth-order valence-corrected chi connectivity index (χ4v) is 6.70. The standard InChI is InChI=1S/C31H40N8O4S/c1-20(2)44(41,42)27-10-8-7-9-24(27)34-31-36-30(35-28-11-14-32-39(28)31)33-25-17-21(3)23(18-26(25)43-6)22-12-15-38(16-13-22)29(40)19-37(4)5/h7-11,14,17-18,20,22H,12-13,15-16,19H2,1-6H3,(H2,33,34,35,36). The van der Waals surface area contributed by atoms with Gasteiger partial charge >= 0.3 is 0 Å². The lowest BCUT2D eigenvalue weighted by Gasteiger charge is -2.33. The third kappa shape index (κ3) is 6.48. The number of amides is 1. The van der Waals surface area contributed by atoms with Gasteiger partial charge in [-0.25, -0.2) is 8.42 Å². The van der Waals surface area contributed by atoms with Crippen LogP contribution in [0, 0.1) is 6.92 Å². The molecule has 5 rings (SSSR count). The van der Waals surface area contributed by atoms with Crippen molar-refractivity contribution in [1.29, 1.82) is 0 Å². The Morgan fingerprint density at radius 2 is 1.80 bits per heavy atom. The molecule has 2 aromatic heterocycles. The first-order valence-electron chi connectivity index (χ1n) is 14.7. The predicted octanol–water partition coefficient (Wildman–Crippen LogP) is 4.38. The summed E-state index contributed by atoms with van der Waals surface area (Å²) in [4.78, 5) is 25.8. The molecule has 1 aliphatic heterocycles. The van der Waals surface area contributed by atoms with Gasteiger partial charge in [-0.3, -0.25) is 4.79 Å². The zero-order valence-electron chi connectivity index (χ0n) is 26.0. The van der Waals surface area contributed by atoms with Crippen molar-refractivity contribution in [3.05, 3.63) is 59.8 Å². The molecular formula is C31H40N8O4S. The number of aromatic nitrogens is 4.